The first-order chi connectivity index (χ1) is 30.3. The average molecular weight is 892 g/mol. The molecule has 2 aromatic heterocycles. The Morgan fingerprint density at radius 2 is 1.75 bits per heavy atom. The summed E-state index contributed by atoms with van der Waals surface area (Å²) < 4.78 is 1.42. The molecule has 2 atom stereocenters. The molecule has 0 radical (unpaired) electrons. The second kappa shape index (κ2) is 18.6. The van der Waals surface area contributed by atoms with Crippen LogP contribution in [-0.2, 0) is 17.8 Å². The number of carbonyl (C=O) groups excluding carboxylic acids is 1. The van der Waals surface area contributed by atoms with Crippen LogP contribution in [0.5, 0.6) is 11.5 Å². The highest BCUT2D eigenvalue weighted by Crippen LogP contribution is 2.40. The fourth-order valence-electron chi connectivity index (χ4n) is 9.10. The first-order valence-corrected chi connectivity index (χ1v) is 22.9. The van der Waals surface area contributed by atoms with Crippen LogP contribution >= 0.6 is 22.9 Å². The zero-order chi connectivity index (χ0) is 44.5. The Morgan fingerprint density at radius 1 is 1.02 bits per heavy atom. The SMILES string of the molecule is CCc1cc(-c2n[nH]c(=O)n2-c2ccc(CN3CCC(C(=O)N4CCC(CNCC[C@@H]5N=C(c6ccc(Cl)cc6)c6c(sc(C)c6C)N(C(C)=N)C5=N)C4)CC3)cc2)c(O)cc1O. The van der Waals surface area contributed by atoms with Crippen LogP contribution < -0.4 is 15.9 Å². The molecule has 2 fully saturated rings. The van der Waals surface area contributed by atoms with Crippen LogP contribution in [0, 0.1) is 36.5 Å². The van der Waals surface area contributed by atoms with Gasteiger partial charge < -0.3 is 20.4 Å². The summed E-state index contributed by atoms with van der Waals surface area (Å²) in [5.41, 5.74) is 6.10. The predicted octanol–water partition coefficient (Wildman–Crippen LogP) is 7.27. The van der Waals surface area contributed by atoms with Gasteiger partial charge in [-0.2, -0.15) is 5.10 Å². The third-order valence-corrected chi connectivity index (χ3v) is 14.2. The number of aryl methyl sites for hydroxylation is 2. The van der Waals surface area contributed by atoms with Crippen molar-refractivity contribution in [2.45, 2.75) is 72.4 Å². The number of benzene rings is 3. The summed E-state index contributed by atoms with van der Waals surface area (Å²) in [6, 6.07) is 17.9. The Morgan fingerprint density at radius 3 is 2.44 bits per heavy atom. The summed E-state index contributed by atoms with van der Waals surface area (Å²) in [5, 5.41) is 50.5. The van der Waals surface area contributed by atoms with E-state index in [0.29, 0.717) is 58.8 Å². The van der Waals surface area contributed by atoms with Crippen LogP contribution in [0.3, 0.4) is 0 Å². The van der Waals surface area contributed by atoms with Crippen molar-refractivity contribution in [2.75, 3.05) is 44.2 Å². The molecule has 0 spiro atoms. The van der Waals surface area contributed by atoms with E-state index in [4.69, 9.17) is 22.0 Å². The second-order valence-corrected chi connectivity index (χ2v) is 18.6. The first-order valence-electron chi connectivity index (χ1n) is 21.7. The lowest BCUT2D eigenvalue weighted by atomic mass is 9.95. The Kier molecular flexibility index (Phi) is 13.0. The van der Waals surface area contributed by atoms with Gasteiger partial charge in [-0.05, 0) is 132 Å². The molecule has 330 valence electrons. The summed E-state index contributed by atoms with van der Waals surface area (Å²) in [7, 11) is 0. The van der Waals surface area contributed by atoms with Gasteiger partial charge in [-0.3, -0.25) is 30.4 Å². The molecule has 1 unspecified atom stereocenters. The highest BCUT2D eigenvalue weighted by molar-refractivity contribution is 7.17. The number of anilines is 1. The van der Waals surface area contributed by atoms with Crippen LogP contribution in [-0.4, -0.2) is 103 Å². The summed E-state index contributed by atoms with van der Waals surface area (Å²) in [4.78, 5) is 39.1. The molecule has 6 N–H and O–H groups in total. The maximum absolute atomic E-state index is 13.7. The fourth-order valence-corrected chi connectivity index (χ4v) is 10.4. The molecule has 2 saturated heterocycles. The normalized spacial score (nSPS) is 18.4. The maximum atomic E-state index is 13.7. The number of fused-ring (bicyclic) bond motifs is 1. The molecule has 63 heavy (non-hydrogen) atoms. The summed E-state index contributed by atoms with van der Waals surface area (Å²) in [6.07, 6.45) is 3.72. The number of nitrogens with zero attached hydrogens (tertiary/aromatic N) is 6. The van der Waals surface area contributed by atoms with Gasteiger partial charge in [0.25, 0.3) is 0 Å². The fraction of sp³-hybridized carbons (Fsp3) is 0.404. The number of likely N-dealkylation sites (tertiary alicyclic amines) is 2. The molecular formula is C47H55ClN10O4S. The number of thiophene rings is 1. The molecule has 0 aliphatic carbocycles. The van der Waals surface area contributed by atoms with Gasteiger partial charge in [0.15, 0.2) is 5.82 Å². The molecule has 16 heteroatoms. The van der Waals surface area contributed by atoms with Gasteiger partial charge >= 0.3 is 5.69 Å². The van der Waals surface area contributed by atoms with Gasteiger partial charge in [0.05, 0.1) is 17.0 Å². The van der Waals surface area contributed by atoms with E-state index in [1.807, 2.05) is 55.5 Å². The lowest BCUT2D eigenvalue weighted by Gasteiger charge is -2.33. The van der Waals surface area contributed by atoms with Crippen molar-refractivity contribution in [1.82, 2.24) is 29.9 Å². The number of phenolic OH excluding ortho intramolecular Hbond substituents is 2. The van der Waals surface area contributed by atoms with Crippen molar-refractivity contribution >= 4 is 51.2 Å². The average Bonchev–Trinajstić information content (AvgIpc) is 3.96. The molecule has 3 aliphatic rings. The minimum Gasteiger partial charge on any atom is -0.508 e. The maximum Gasteiger partial charge on any atom is 0.348 e. The zero-order valence-electron chi connectivity index (χ0n) is 36.2. The number of carbonyl (C=O) groups is 1. The molecule has 5 aromatic rings. The van der Waals surface area contributed by atoms with Gasteiger partial charge in [0.2, 0.25) is 5.91 Å². The minimum absolute atomic E-state index is 0.00608. The number of amidine groups is 2. The van der Waals surface area contributed by atoms with Crippen molar-refractivity contribution in [3.8, 4) is 28.6 Å². The standard InChI is InChI=1S/C47H55ClN10O4S/c1-5-32-22-37(40(60)23-39(32)59)44-53-54-47(62)58(44)36-12-6-30(7-13-36)25-55-19-16-34(17-20-55)45(61)56-21-15-31(26-56)24-51-18-14-38-43(50)57(29(4)49)46-41(27(2)28(3)63-46)42(52-38)33-8-10-35(48)11-9-33/h6-13,22-23,31,34,38,49-51,59-60H,5,14-21,24-26H2,1-4H3,(H,54,62)/t31?,38-/m0/s1. The van der Waals surface area contributed by atoms with Gasteiger partial charge in [-0.1, -0.05) is 42.8 Å². The smallest absolute Gasteiger partial charge is 0.348 e. The van der Waals surface area contributed by atoms with Crippen LogP contribution in [0.15, 0.2) is 70.5 Å². The summed E-state index contributed by atoms with van der Waals surface area (Å²) in [6.45, 7) is 13.1. The number of piperidine rings is 1. The monoisotopic (exact) mass is 890 g/mol. The molecule has 3 aliphatic heterocycles. The van der Waals surface area contributed by atoms with Crippen molar-refractivity contribution in [1.29, 1.82) is 10.8 Å². The molecule has 8 rings (SSSR count). The van der Waals surface area contributed by atoms with E-state index in [2.05, 4.69) is 39.2 Å². The van der Waals surface area contributed by atoms with E-state index in [0.717, 1.165) is 96.4 Å². The van der Waals surface area contributed by atoms with Crippen LogP contribution in [0.1, 0.15) is 72.2 Å². The molecule has 0 saturated carbocycles. The van der Waals surface area contributed by atoms with E-state index in [-0.39, 0.29) is 29.1 Å². The largest absolute Gasteiger partial charge is 0.508 e. The quantitative estimate of drug-likeness (QED) is 0.0428. The highest BCUT2D eigenvalue weighted by Gasteiger charge is 2.35. The lowest BCUT2D eigenvalue weighted by Crippen LogP contribution is -2.42. The number of hydrogen-bond acceptors (Lipinski definition) is 11. The second-order valence-electron chi connectivity index (χ2n) is 17.0. The van der Waals surface area contributed by atoms with Gasteiger partial charge in [-0.25, -0.2) is 14.5 Å². The van der Waals surface area contributed by atoms with E-state index in [9.17, 15) is 25.2 Å². The van der Waals surface area contributed by atoms with Crippen LogP contribution in [0.4, 0.5) is 5.00 Å². The molecular weight excluding hydrogens is 836 g/mol. The van der Waals surface area contributed by atoms with E-state index in [1.54, 1.807) is 29.2 Å². The lowest BCUT2D eigenvalue weighted by molar-refractivity contribution is -0.136. The first kappa shape index (κ1) is 44.0. The number of rotatable bonds is 12. The third kappa shape index (κ3) is 9.10. The Labute approximate surface area is 376 Å². The summed E-state index contributed by atoms with van der Waals surface area (Å²) >= 11 is 7.86. The number of halogens is 1. The van der Waals surface area contributed by atoms with Crippen molar-refractivity contribution in [3.63, 3.8) is 0 Å². The van der Waals surface area contributed by atoms with E-state index >= 15 is 0 Å². The topological polar surface area (TPSA) is 190 Å². The zero-order valence-corrected chi connectivity index (χ0v) is 37.7. The molecule has 14 nitrogen and oxygen atoms in total. The van der Waals surface area contributed by atoms with Gasteiger partial charge in [-0.15, -0.1) is 11.3 Å². The molecule has 1 amide bonds. The van der Waals surface area contributed by atoms with Gasteiger partial charge in [0, 0.05) is 52.6 Å². The van der Waals surface area contributed by atoms with Crippen molar-refractivity contribution in [3.05, 3.63) is 109 Å². The van der Waals surface area contributed by atoms with Crippen LogP contribution in [0.25, 0.3) is 17.1 Å². The van der Waals surface area contributed by atoms with E-state index in [1.165, 1.54) is 10.6 Å². The molecule has 3 aromatic carbocycles. The third-order valence-electron chi connectivity index (χ3n) is 12.8. The number of aliphatic imine (C=N–C) groups is 1. The number of hydrogen-bond donors (Lipinski definition) is 6. The van der Waals surface area contributed by atoms with Crippen molar-refractivity contribution in [2.24, 2.45) is 16.8 Å². The number of aromatic amines is 1. The van der Waals surface area contributed by atoms with Gasteiger partial charge in [0.1, 0.15) is 34.2 Å². The number of amides is 1. The number of H-pyrrole nitrogens is 1. The van der Waals surface area contributed by atoms with Crippen molar-refractivity contribution < 1.29 is 15.0 Å². The van der Waals surface area contributed by atoms with E-state index < -0.39 is 11.7 Å². The predicted molar refractivity (Wildman–Crippen MR) is 251 cm³/mol. The number of nitrogens with one attached hydrogen (secondary N) is 4. The highest BCUT2D eigenvalue weighted by atomic mass is 35.5. The molecule has 5 heterocycles. The summed E-state index contributed by atoms with van der Waals surface area (Å²) in [5.74, 6) is 1.30. The number of phenols is 2. The number of aromatic nitrogens is 3. The van der Waals surface area contributed by atoms with Crippen LogP contribution in [0.2, 0.25) is 5.02 Å². The Bertz CT molecular complexity index is 2610. The number of aromatic hydroxyl groups is 2. The Balaban J connectivity index is 0.821. The Hall–Kier alpha value is -5.61. The minimum atomic E-state index is -0.445. The molecule has 0 bridgehead atoms.